The van der Waals surface area contributed by atoms with Gasteiger partial charge in [-0.1, -0.05) is 17.7 Å². The van der Waals surface area contributed by atoms with Gasteiger partial charge in [0.15, 0.2) is 0 Å². The fraction of sp³-hybridized carbons (Fsp3) is 0.308. The first-order chi connectivity index (χ1) is 8.20. The molecule has 0 bridgehead atoms. The van der Waals surface area contributed by atoms with Gasteiger partial charge >= 0.3 is 0 Å². The van der Waals surface area contributed by atoms with Crippen molar-refractivity contribution in [2.24, 2.45) is 0 Å². The molecule has 0 aliphatic heterocycles. The average molecular weight is 250 g/mol. The molecule has 1 aromatic heterocycles. The summed E-state index contributed by atoms with van der Waals surface area (Å²) in [7, 11) is 1.94. The van der Waals surface area contributed by atoms with E-state index in [4.69, 9.17) is 11.6 Å². The molecule has 0 aliphatic carbocycles. The van der Waals surface area contributed by atoms with E-state index in [-0.39, 0.29) is 0 Å². The molecule has 0 unspecified atom stereocenters. The number of aromatic nitrogens is 2. The molecule has 3 nitrogen and oxygen atoms in total. The molecular formula is C13H16ClN3. The predicted octanol–water partition coefficient (Wildman–Crippen LogP) is 2.60. The highest BCUT2D eigenvalue weighted by atomic mass is 35.5. The molecule has 0 spiro atoms. The van der Waals surface area contributed by atoms with Crippen LogP contribution in [0.25, 0.3) is 5.69 Å². The van der Waals surface area contributed by atoms with Crippen LogP contribution in [0.4, 0.5) is 0 Å². The summed E-state index contributed by atoms with van der Waals surface area (Å²) in [5, 5.41) is 8.39. The van der Waals surface area contributed by atoms with Crippen molar-refractivity contribution < 1.29 is 0 Å². The van der Waals surface area contributed by atoms with E-state index in [9.17, 15) is 0 Å². The Morgan fingerprint density at radius 3 is 2.94 bits per heavy atom. The van der Waals surface area contributed by atoms with Crippen LogP contribution in [0.3, 0.4) is 0 Å². The molecule has 1 heterocycles. The maximum absolute atomic E-state index is 6.01. The molecule has 0 atom stereocenters. The molecule has 0 radical (unpaired) electrons. The molecule has 1 aromatic carbocycles. The average Bonchev–Trinajstić information content (AvgIpc) is 2.78. The number of nitrogens with zero attached hydrogens (tertiary/aromatic N) is 2. The van der Waals surface area contributed by atoms with E-state index in [0.717, 1.165) is 34.9 Å². The molecule has 2 rings (SSSR count). The van der Waals surface area contributed by atoms with Crippen molar-refractivity contribution in [2.45, 2.75) is 13.3 Å². The molecule has 1 N–H and O–H groups in total. The minimum atomic E-state index is 0.734. The Balaban J connectivity index is 2.27. The van der Waals surface area contributed by atoms with Gasteiger partial charge < -0.3 is 5.32 Å². The minimum Gasteiger partial charge on any atom is -0.319 e. The molecule has 0 saturated heterocycles. The van der Waals surface area contributed by atoms with Crippen molar-refractivity contribution >= 4 is 11.6 Å². The molecule has 17 heavy (non-hydrogen) atoms. The molecule has 0 aliphatic rings. The minimum absolute atomic E-state index is 0.734. The van der Waals surface area contributed by atoms with Gasteiger partial charge in [-0.05, 0) is 37.7 Å². The van der Waals surface area contributed by atoms with Crippen LogP contribution in [0.1, 0.15) is 11.3 Å². The standard InChI is InChI=1S/C13H16ClN3/c1-10-3-4-11(14)9-13(10)17-8-6-12(16-17)5-7-15-2/h3-4,6,8-9,15H,5,7H2,1-2H3. The zero-order valence-electron chi connectivity index (χ0n) is 10.1. The van der Waals surface area contributed by atoms with Crippen LogP contribution in [0, 0.1) is 6.92 Å². The Bertz CT molecular complexity index is 505. The van der Waals surface area contributed by atoms with Crippen molar-refractivity contribution in [1.82, 2.24) is 15.1 Å². The second-order valence-electron chi connectivity index (χ2n) is 4.04. The third-order valence-corrected chi connectivity index (χ3v) is 2.93. The van der Waals surface area contributed by atoms with Crippen molar-refractivity contribution in [1.29, 1.82) is 0 Å². The summed E-state index contributed by atoms with van der Waals surface area (Å²) in [6.45, 7) is 2.99. The quantitative estimate of drug-likeness (QED) is 0.903. The Morgan fingerprint density at radius 2 is 2.18 bits per heavy atom. The smallest absolute Gasteiger partial charge is 0.0689 e. The third-order valence-electron chi connectivity index (χ3n) is 2.69. The number of rotatable bonds is 4. The van der Waals surface area contributed by atoms with Gasteiger partial charge in [-0.3, -0.25) is 0 Å². The van der Waals surface area contributed by atoms with E-state index in [1.165, 1.54) is 0 Å². The van der Waals surface area contributed by atoms with Crippen LogP contribution in [0.5, 0.6) is 0 Å². The van der Waals surface area contributed by atoms with E-state index in [2.05, 4.69) is 17.3 Å². The largest absolute Gasteiger partial charge is 0.319 e. The van der Waals surface area contributed by atoms with Crippen molar-refractivity contribution in [3.8, 4) is 5.69 Å². The molecule has 0 fully saturated rings. The molecule has 2 aromatic rings. The normalized spacial score (nSPS) is 10.8. The van der Waals surface area contributed by atoms with E-state index in [1.54, 1.807) is 0 Å². The number of hydrogen-bond acceptors (Lipinski definition) is 2. The van der Waals surface area contributed by atoms with Gasteiger partial charge in [-0.2, -0.15) is 5.10 Å². The number of hydrogen-bond donors (Lipinski definition) is 1. The van der Waals surface area contributed by atoms with Crippen molar-refractivity contribution in [3.05, 3.63) is 46.7 Å². The predicted molar refractivity (Wildman–Crippen MR) is 70.9 cm³/mol. The number of nitrogens with one attached hydrogen (secondary N) is 1. The Labute approximate surface area is 106 Å². The van der Waals surface area contributed by atoms with E-state index in [0.29, 0.717) is 0 Å². The number of aryl methyl sites for hydroxylation is 1. The summed E-state index contributed by atoms with van der Waals surface area (Å²) in [6, 6.07) is 7.88. The Kier molecular flexibility index (Phi) is 3.82. The summed E-state index contributed by atoms with van der Waals surface area (Å²) in [5.74, 6) is 0. The van der Waals surface area contributed by atoms with Crippen LogP contribution >= 0.6 is 11.6 Å². The SMILES string of the molecule is CNCCc1ccn(-c2cc(Cl)ccc2C)n1. The zero-order chi connectivity index (χ0) is 12.3. The maximum Gasteiger partial charge on any atom is 0.0689 e. The van der Waals surface area contributed by atoms with Crippen molar-refractivity contribution in [2.75, 3.05) is 13.6 Å². The molecule has 0 amide bonds. The number of likely N-dealkylation sites (N-methyl/N-ethyl adjacent to an activating group) is 1. The number of halogens is 1. The van der Waals surface area contributed by atoms with Crippen molar-refractivity contribution in [3.63, 3.8) is 0 Å². The highest BCUT2D eigenvalue weighted by Crippen LogP contribution is 2.19. The van der Waals surface area contributed by atoms with Gasteiger partial charge in [0.05, 0.1) is 11.4 Å². The summed E-state index contributed by atoms with van der Waals surface area (Å²) in [6.07, 6.45) is 2.91. The lowest BCUT2D eigenvalue weighted by Gasteiger charge is -2.06. The second kappa shape index (κ2) is 5.34. The van der Waals surface area contributed by atoms with E-state index >= 15 is 0 Å². The summed E-state index contributed by atoms with van der Waals surface area (Å²) in [5.41, 5.74) is 3.28. The monoisotopic (exact) mass is 249 g/mol. The van der Waals surface area contributed by atoms with Crippen LogP contribution in [-0.4, -0.2) is 23.4 Å². The van der Waals surface area contributed by atoms with Crippen LogP contribution in [0.15, 0.2) is 30.5 Å². The van der Waals surface area contributed by atoms with Crippen LogP contribution < -0.4 is 5.32 Å². The topological polar surface area (TPSA) is 29.9 Å². The fourth-order valence-corrected chi connectivity index (χ4v) is 1.88. The third kappa shape index (κ3) is 2.87. The zero-order valence-corrected chi connectivity index (χ0v) is 10.8. The molecular weight excluding hydrogens is 234 g/mol. The van der Waals surface area contributed by atoms with Gasteiger partial charge in [-0.15, -0.1) is 0 Å². The van der Waals surface area contributed by atoms with Gasteiger partial charge in [0.1, 0.15) is 0 Å². The first-order valence-corrected chi connectivity index (χ1v) is 6.04. The first-order valence-electron chi connectivity index (χ1n) is 5.66. The summed E-state index contributed by atoms with van der Waals surface area (Å²) < 4.78 is 1.88. The second-order valence-corrected chi connectivity index (χ2v) is 4.47. The molecule has 4 heteroatoms. The van der Waals surface area contributed by atoms with Gasteiger partial charge in [0.25, 0.3) is 0 Å². The first kappa shape index (κ1) is 12.1. The van der Waals surface area contributed by atoms with Gasteiger partial charge in [-0.25, -0.2) is 4.68 Å². The van der Waals surface area contributed by atoms with Crippen LogP contribution in [0.2, 0.25) is 5.02 Å². The maximum atomic E-state index is 6.01. The highest BCUT2D eigenvalue weighted by Gasteiger charge is 2.04. The van der Waals surface area contributed by atoms with Crippen LogP contribution in [-0.2, 0) is 6.42 Å². The summed E-state index contributed by atoms with van der Waals surface area (Å²) >= 11 is 6.01. The lowest BCUT2D eigenvalue weighted by molar-refractivity contribution is 0.754. The van der Waals surface area contributed by atoms with Gasteiger partial charge in [0.2, 0.25) is 0 Å². The Hall–Kier alpha value is -1.32. The lowest BCUT2D eigenvalue weighted by atomic mass is 10.2. The van der Waals surface area contributed by atoms with E-state index < -0.39 is 0 Å². The van der Waals surface area contributed by atoms with Gasteiger partial charge in [0, 0.05) is 24.2 Å². The molecule has 90 valence electrons. The Morgan fingerprint density at radius 1 is 1.35 bits per heavy atom. The lowest BCUT2D eigenvalue weighted by Crippen LogP contribution is -2.10. The molecule has 0 saturated carbocycles. The summed E-state index contributed by atoms with van der Waals surface area (Å²) in [4.78, 5) is 0. The number of benzene rings is 1. The van der Waals surface area contributed by atoms with E-state index in [1.807, 2.05) is 42.2 Å². The fourth-order valence-electron chi connectivity index (χ4n) is 1.71. The highest BCUT2D eigenvalue weighted by molar-refractivity contribution is 6.30.